The molecule has 9 heteroatoms. The highest BCUT2D eigenvalue weighted by molar-refractivity contribution is 7.99. The molecule has 2 aromatic carbocycles. The van der Waals surface area contributed by atoms with Gasteiger partial charge < -0.3 is 14.8 Å². The number of carbonyl (C=O) groups excluding carboxylic acids is 1. The molecule has 0 atom stereocenters. The van der Waals surface area contributed by atoms with Crippen LogP contribution in [-0.4, -0.2) is 25.9 Å². The van der Waals surface area contributed by atoms with E-state index in [0.717, 1.165) is 0 Å². The van der Waals surface area contributed by atoms with Gasteiger partial charge in [0, 0.05) is 10.6 Å². The van der Waals surface area contributed by atoms with Gasteiger partial charge in [0.25, 0.3) is 11.7 Å². The van der Waals surface area contributed by atoms with E-state index in [0.29, 0.717) is 39.4 Å². The van der Waals surface area contributed by atoms with E-state index in [1.54, 1.807) is 6.07 Å². The lowest BCUT2D eigenvalue weighted by Gasteiger charge is -2.10. The zero-order valence-corrected chi connectivity index (χ0v) is 16.4. The second-order valence-electron chi connectivity index (χ2n) is 5.27. The fourth-order valence-electron chi connectivity index (χ4n) is 2.25. The van der Waals surface area contributed by atoms with Crippen molar-refractivity contribution in [1.82, 2.24) is 0 Å². The van der Waals surface area contributed by atoms with Crippen molar-refractivity contribution in [1.29, 1.82) is 5.26 Å². The van der Waals surface area contributed by atoms with E-state index in [2.05, 4.69) is 5.32 Å². The first-order valence-corrected chi connectivity index (χ1v) is 9.03. The van der Waals surface area contributed by atoms with E-state index in [4.69, 9.17) is 21.1 Å². The normalized spacial score (nSPS) is 11.1. The number of amides is 1. The van der Waals surface area contributed by atoms with Crippen LogP contribution in [0.4, 0.5) is 14.5 Å². The number of hydrogen-bond donors (Lipinski definition) is 1. The standard InChI is InChI=1S/C19H15ClF2N2O3S/c1-26-16-9-11(8-15(20)17(16)27-2)7-12(10-23)18(25)24-13-3-5-14(6-4-13)28-19(21)22/h3-9,19H,1-2H3,(H,24,25)/b12-7+. The number of alkyl halides is 2. The summed E-state index contributed by atoms with van der Waals surface area (Å²) in [7, 11) is 2.88. The van der Waals surface area contributed by atoms with Crippen molar-refractivity contribution in [2.24, 2.45) is 0 Å². The molecule has 1 N–H and O–H groups in total. The molecule has 146 valence electrons. The first-order chi connectivity index (χ1) is 13.4. The van der Waals surface area contributed by atoms with Gasteiger partial charge in [-0.1, -0.05) is 23.4 Å². The highest BCUT2D eigenvalue weighted by Crippen LogP contribution is 2.36. The van der Waals surface area contributed by atoms with Crippen LogP contribution in [-0.2, 0) is 4.79 Å². The van der Waals surface area contributed by atoms with E-state index in [-0.39, 0.29) is 10.6 Å². The van der Waals surface area contributed by atoms with Gasteiger partial charge in [0.2, 0.25) is 0 Å². The number of hydrogen-bond acceptors (Lipinski definition) is 5. The third kappa shape index (κ3) is 5.62. The predicted molar refractivity (Wildman–Crippen MR) is 105 cm³/mol. The number of nitrogens with one attached hydrogen (secondary N) is 1. The minimum atomic E-state index is -2.53. The molecular weight excluding hydrogens is 410 g/mol. The lowest BCUT2D eigenvalue weighted by molar-refractivity contribution is -0.112. The highest BCUT2D eigenvalue weighted by Gasteiger charge is 2.14. The third-order valence-electron chi connectivity index (χ3n) is 3.47. The molecule has 0 saturated carbocycles. The van der Waals surface area contributed by atoms with E-state index >= 15 is 0 Å². The Kier molecular flexibility index (Phi) is 7.67. The highest BCUT2D eigenvalue weighted by atomic mass is 35.5. The van der Waals surface area contributed by atoms with Gasteiger partial charge in [-0.3, -0.25) is 4.79 Å². The second kappa shape index (κ2) is 9.97. The average Bonchev–Trinajstić information content (AvgIpc) is 2.66. The monoisotopic (exact) mass is 424 g/mol. The van der Waals surface area contributed by atoms with Crippen LogP contribution >= 0.6 is 23.4 Å². The lowest BCUT2D eigenvalue weighted by Crippen LogP contribution is -2.13. The summed E-state index contributed by atoms with van der Waals surface area (Å²) in [5.41, 5.74) is 0.669. The van der Waals surface area contributed by atoms with Gasteiger partial charge in [-0.25, -0.2) is 0 Å². The summed E-state index contributed by atoms with van der Waals surface area (Å²) in [5, 5.41) is 12.1. The number of anilines is 1. The Balaban J connectivity index is 2.21. The van der Waals surface area contributed by atoms with Crippen molar-refractivity contribution in [2.45, 2.75) is 10.7 Å². The van der Waals surface area contributed by atoms with E-state index in [1.165, 1.54) is 50.6 Å². The molecule has 0 spiro atoms. The number of nitriles is 1. The number of benzene rings is 2. The SMILES string of the molecule is COc1cc(/C=C(\C#N)C(=O)Nc2ccc(SC(F)F)cc2)cc(Cl)c1OC. The van der Waals surface area contributed by atoms with Crippen LogP contribution in [0.15, 0.2) is 46.9 Å². The molecule has 28 heavy (non-hydrogen) atoms. The predicted octanol–water partition coefficient (Wildman–Crippen LogP) is 5.22. The van der Waals surface area contributed by atoms with Crippen molar-refractivity contribution in [3.8, 4) is 17.6 Å². The fourth-order valence-corrected chi connectivity index (χ4v) is 3.05. The van der Waals surface area contributed by atoms with Crippen molar-refractivity contribution in [3.05, 3.63) is 52.6 Å². The minimum Gasteiger partial charge on any atom is -0.493 e. The molecular formula is C19H15ClF2N2O3S. The number of nitrogens with zero attached hydrogens (tertiary/aromatic N) is 1. The van der Waals surface area contributed by atoms with E-state index < -0.39 is 11.7 Å². The van der Waals surface area contributed by atoms with Crippen molar-refractivity contribution < 1.29 is 23.0 Å². The van der Waals surface area contributed by atoms with Crippen LogP contribution in [0.1, 0.15) is 5.56 Å². The first kappa shape index (κ1) is 21.5. The summed E-state index contributed by atoms with van der Waals surface area (Å²) in [6, 6.07) is 10.8. The Morgan fingerprint density at radius 2 is 1.93 bits per heavy atom. The lowest BCUT2D eigenvalue weighted by atomic mass is 10.1. The molecule has 0 radical (unpaired) electrons. The molecule has 2 aromatic rings. The molecule has 0 aliphatic heterocycles. The van der Waals surface area contributed by atoms with Crippen LogP contribution in [0.25, 0.3) is 6.08 Å². The summed E-state index contributed by atoms with van der Waals surface area (Å²) < 4.78 is 35.0. The van der Waals surface area contributed by atoms with Crippen molar-refractivity contribution in [2.75, 3.05) is 19.5 Å². The summed E-state index contributed by atoms with van der Waals surface area (Å²) in [4.78, 5) is 12.7. The molecule has 0 saturated heterocycles. The van der Waals surface area contributed by atoms with Crippen LogP contribution in [0.5, 0.6) is 11.5 Å². The van der Waals surface area contributed by atoms with E-state index in [1.807, 2.05) is 6.07 Å². The molecule has 2 rings (SSSR count). The van der Waals surface area contributed by atoms with Crippen LogP contribution < -0.4 is 14.8 Å². The van der Waals surface area contributed by atoms with Crippen LogP contribution in [0.3, 0.4) is 0 Å². The van der Waals surface area contributed by atoms with Gasteiger partial charge in [-0.2, -0.15) is 14.0 Å². The number of thioether (sulfide) groups is 1. The summed E-state index contributed by atoms with van der Waals surface area (Å²) in [5.74, 6) is -2.48. The number of ether oxygens (including phenoxy) is 2. The maximum atomic E-state index is 12.4. The average molecular weight is 425 g/mol. The van der Waals surface area contributed by atoms with Gasteiger partial charge >= 0.3 is 0 Å². The molecule has 1 amide bonds. The third-order valence-corrected chi connectivity index (χ3v) is 4.47. The van der Waals surface area contributed by atoms with Crippen LogP contribution in [0.2, 0.25) is 5.02 Å². The quantitative estimate of drug-likeness (QED) is 0.375. The largest absolute Gasteiger partial charge is 0.493 e. The maximum absolute atomic E-state index is 12.4. The Morgan fingerprint density at radius 3 is 2.46 bits per heavy atom. The number of carbonyl (C=O) groups is 1. The molecule has 0 fully saturated rings. The van der Waals surface area contributed by atoms with Crippen LogP contribution in [0, 0.1) is 11.3 Å². The van der Waals surface area contributed by atoms with Crippen molar-refractivity contribution in [3.63, 3.8) is 0 Å². The molecule has 0 aliphatic carbocycles. The number of rotatable bonds is 7. The first-order valence-electron chi connectivity index (χ1n) is 7.77. The van der Waals surface area contributed by atoms with Gasteiger partial charge in [-0.05, 0) is 48.0 Å². The molecule has 0 aliphatic rings. The second-order valence-corrected chi connectivity index (χ2v) is 6.74. The van der Waals surface area contributed by atoms with Gasteiger partial charge in [0.15, 0.2) is 11.5 Å². The summed E-state index contributed by atoms with van der Waals surface area (Å²) >= 11 is 6.53. The number of methoxy groups -OCH3 is 2. The Labute approximate surface area is 169 Å². The molecule has 5 nitrogen and oxygen atoms in total. The van der Waals surface area contributed by atoms with Gasteiger partial charge in [0.05, 0.1) is 19.2 Å². The topological polar surface area (TPSA) is 71.3 Å². The Bertz CT molecular complexity index is 928. The van der Waals surface area contributed by atoms with Gasteiger partial charge in [-0.15, -0.1) is 0 Å². The molecule has 0 bridgehead atoms. The molecule has 0 heterocycles. The molecule has 0 aromatic heterocycles. The maximum Gasteiger partial charge on any atom is 0.288 e. The van der Waals surface area contributed by atoms with Gasteiger partial charge in [0.1, 0.15) is 11.6 Å². The number of halogens is 3. The smallest absolute Gasteiger partial charge is 0.288 e. The molecule has 0 unspecified atom stereocenters. The zero-order chi connectivity index (χ0) is 20.7. The zero-order valence-electron chi connectivity index (χ0n) is 14.8. The van der Waals surface area contributed by atoms with Crippen molar-refractivity contribution >= 4 is 41.0 Å². The Hall–Kier alpha value is -2.76. The summed E-state index contributed by atoms with van der Waals surface area (Å²) in [6.07, 6.45) is 1.35. The van der Waals surface area contributed by atoms with E-state index in [9.17, 15) is 18.8 Å². The Morgan fingerprint density at radius 1 is 1.25 bits per heavy atom. The summed E-state index contributed by atoms with van der Waals surface area (Å²) in [6.45, 7) is 0. The minimum absolute atomic E-state index is 0.172. The fraction of sp³-hybridized carbons (Fsp3) is 0.158.